The monoisotopic (exact) mass is 685 g/mol. The third kappa shape index (κ3) is 7.32. The lowest BCUT2D eigenvalue weighted by atomic mass is 9.68. The van der Waals surface area contributed by atoms with E-state index in [-0.39, 0.29) is 34.8 Å². The number of halogens is 1. The lowest BCUT2D eigenvalue weighted by Crippen LogP contribution is -2.51. The van der Waals surface area contributed by atoms with E-state index in [2.05, 4.69) is 34.2 Å². The molecular formula is C35H44ClN3O7S. The second-order valence-electron chi connectivity index (χ2n) is 13.2. The van der Waals surface area contributed by atoms with Crippen LogP contribution in [0.4, 0.5) is 10.5 Å². The number of ether oxygens (including phenoxy) is 3. The Kier molecular flexibility index (Phi) is 10.3. The molecule has 1 aliphatic heterocycles. The Hall–Kier alpha value is -3.54. The molecule has 2 aromatic rings. The Morgan fingerprint density at radius 2 is 2.00 bits per heavy atom. The first-order valence-electron chi connectivity index (χ1n) is 15.9. The summed E-state index contributed by atoms with van der Waals surface area (Å²) in [6.45, 7) is 12.2. The first-order chi connectivity index (χ1) is 22.3. The molecule has 0 radical (unpaired) electrons. The molecule has 254 valence electrons. The van der Waals surface area contributed by atoms with Crippen LogP contribution in [-0.2, 0) is 36.1 Å². The molecular weight excluding hydrogens is 642 g/mol. The fraction of sp³-hybridized carbons (Fsp3) is 0.486. The minimum Gasteiger partial charge on any atom is -0.490 e. The smallest absolute Gasteiger partial charge is 0.407 e. The third-order valence-corrected chi connectivity index (χ3v) is 11.3. The number of anilines is 1. The van der Waals surface area contributed by atoms with Gasteiger partial charge in [0.25, 0.3) is 15.9 Å². The second kappa shape index (κ2) is 13.9. The molecule has 1 heterocycles. The maximum absolute atomic E-state index is 13.6. The van der Waals surface area contributed by atoms with Crippen molar-refractivity contribution in [3.8, 4) is 5.75 Å². The van der Waals surface area contributed by atoms with Crippen molar-refractivity contribution in [2.45, 2.75) is 67.9 Å². The molecule has 4 atom stereocenters. The number of sulfonamides is 1. The fourth-order valence-electron chi connectivity index (χ4n) is 7.01. The Labute approximate surface area is 282 Å². The minimum atomic E-state index is -4.26. The van der Waals surface area contributed by atoms with Gasteiger partial charge in [-0.15, -0.1) is 13.2 Å². The largest absolute Gasteiger partial charge is 0.490 e. The summed E-state index contributed by atoms with van der Waals surface area (Å²) in [6.07, 6.45) is 7.32. The van der Waals surface area contributed by atoms with Crippen LogP contribution in [0.3, 0.4) is 0 Å². The number of aryl methyl sites for hydroxylation is 1. The van der Waals surface area contributed by atoms with Crippen LogP contribution in [0.15, 0.2) is 66.6 Å². The van der Waals surface area contributed by atoms with E-state index in [1.165, 1.54) is 44.2 Å². The lowest BCUT2D eigenvalue weighted by Gasteiger charge is -2.46. The number of rotatable bonds is 11. The number of fused-ring (bicyclic) bond motifs is 3. The van der Waals surface area contributed by atoms with E-state index in [0.717, 1.165) is 32.1 Å². The predicted octanol–water partition coefficient (Wildman–Crippen LogP) is 5.54. The van der Waals surface area contributed by atoms with Crippen LogP contribution in [0.5, 0.6) is 5.75 Å². The normalized spacial score (nSPS) is 22.8. The summed E-state index contributed by atoms with van der Waals surface area (Å²) in [5.74, 6) is 0.0715. The fourth-order valence-corrected chi connectivity index (χ4v) is 8.33. The van der Waals surface area contributed by atoms with Gasteiger partial charge in [-0.3, -0.25) is 4.79 Å². The number of carbonyl (C=O) groups is 2. The van der Waals surface area contributed by atoms with Crippen molar-refractivity contribution in [2.24, 2.45) is 11.8 Å². The first-order valence-corrected chi connectivity index (χ1v) is 17.8. The molecule has 0 saturated heterocycles. The standard InChI is InChI=1S/C35H44ClN3O7S/c1-6-17-46-34(3,4)32(40)38-47(42,43)26-12-15-31-30(19-26)39(20-24-10-13-27(24)29(7-2)37-33(41)44-5)21-35(22-45-31)16-8-9-23-18-25(36)11-14-28(23)35/h6-7,11-12,14-15,18-19,24,27,29H,1-2,8-10,13,16-17,20-22H2,3-5H3,(H,37,41)(H,38,40)/t24-,27+,29+,35-/m0/s1. The zero-order chi connectivity index (χ0) is 34.0. The van der Waals surface area contributed by atoms with Crippen molar-refractivity contribution >= 4 is 39.3 Å². The van der Waals surface area contributed by atoms with Crippen molar-refractivity contribution in [3.05, 3.63) is 77.9 Å². The molecule has 2 aromatic carbocycles. The van der Waals surface area contributed by atoms with Crippen LogP contribution < -0.4 is 19.7 Å². The molecule has 10 nitrogen and oxygen atoms in total. The van der Waals surface area contributed by atoms with Crippen LogP contribution >= 0.6 is 11.6 Å². The summed E-state index contributed by atoms with van der Waals surface area (Å²) >= 11 is 6.40. The molecule has 12 heteroatoms. The van der Waals surface area contributed by atoms with Crippen molar-refractivity contribution < 1.29 is 32.2 Å². The zero-order valence-electron chi connectivity index (χ0n) is 27.2. The average molecular weight is 686 g/mol. The molecule has 1 fully saturated rings. The summed E-state index contributed by atoms with van der Waals surface area (Å²) in [5.41, 5.74) is 1.25. The maximum atomic E-state index is 13.6. The predicted molar refractivity (Wildman–Crippen MR) is 182 cm³/mol. The van der Waals surface area contributed by atoms with Gasteiger partial charge in [-0.05, 0) is 99.2 Å². The number of methoxy groups -OCH3 is 1. The number of alkyl carbamates (subject to hydrolysis) is 1. The lowest BCUT2D eigenvalue weighted by molar-refractivity contribution is -0.139. The van der Waals surface area contributed by atoms with E-state index in [4.69, 9.17) is 25.8 Å². The Morgan fingerprint density at radius 3 is 2.68 bits per heavy atom. The van der Waals surface area contributed by atoms with Gasteiger partial charge >= 0.3 is 6.09 Å². The quantitative estimate of drug-likeness (QED) is 0.296. The van der Waals surface area contributed by atoms with Crippen LogP contribution in [0, 0.1) is 11.8 Å². The third-order valence-electron chi connectivity index (χ3n) is 9.77. The van der Waals surface area contributed by atoms with Gasteiger partial charge in [-0.2, -0.15) is 0 Å². The first kappa shape index (κ1) is 34.8. The SMILES string of the molecule is C=CCOC(C)(C)C(=O)NS(=O)(=O)c1ccc2c(c1)N(C[C@@H]1CC[C@H]1[C@@H](C=C)NC(=O)OC)C[C@@]1(CCCc3cc(Cl)ccc31)CO2. The van der Waals surface area contributed by atoms with E-state index in [0.29, 0.717) is 36.2 Å². The molecule has 47 heavy (non-hydrogen) atoms. The number of hydrogen-bond acceptors (Lipinski definition) is 8. The number of nitrogens with one attached hydrogen (secondary N) is 2. The van der Waals surface area contributed by atoms with E-state index in [1.807, 2.05) is 12.1 Å². The van der Waals surface area contributed by atoms with Crippen LogP contribution in [0.1, 0.15) is 50.7 Å². The average Bonchev–Trinajstić information content (AvgIpc) is 3.18. The molecule has 1 saturated carbocycles. The zero-order valence-corrected chi connectivity index (χ0v) is 28.8. The highest BCUT2D eigenvalue weighted by Gasteiger charge is 2.44. The molecule has 3 aliphatic rings. The summed E-state index contributed by atoms with van der Waals surface area (Å²) in [4.78, 5) is 27.2. The van der Waals surface area contributed by atoms with Crippen LogP contribution in [-0.4, -0.2) is 65.5 Å². The van der Waals surface area contributed by atoms with Crippen LogP contribution in [0.2, 0.25) is 5.02 Å². The van der Waals surface area contributed by atoms with Gasteiger partial charge in [0, 0.05) is 23.5 Å². The van der Waals surface area contributed by atoms with Gasteiger partial charge in [0.2, 0.25) is 0 Å². The van der Waals surface area contributed by atoms with Gasteiger partial charge in [0.05, 0.1) is 36.9 Å². The molecule has 1 spiro atoms. The summed E-state index contributed by atoms with van der Waals surface area (Å²) < 4.78 is 46.2. The number of benzene rings is 2. The van der Waals surface area contributed by atoms with Gasteiger partial charge in [0.15, 0.2) is 0 Å². The maximum Gasteiger partial charge on any atom is 0.407 e. The van der Waals surface area contributed by atoms with Gasteiger partial charge in [-0.25, -0.2) is 17.9 Å². The van der Waals surface area contributed by atoms with Crippen molar-refractivity contribution in [1.29, 1.82) is 0 Å². The Morgan fingerprint density at radius 1 is 1.21 bits per heavy atom. The number of amides is 2. The molecule has 0 unspecified atom stereocenters. The molecule has 5 rings (SSSR count). The van der Waals surface area contributed by atoms with Gasteiger partial charge in [0.1, 0.15) is 11.4 Å². The summed E-state index contributed by atoms with van der Waals surface area (Å²) in [6, 6.07) is 10.5. The Bertz CT molecular complexity index is 1650. The van der Waals surface area contributed by atoms with Crippen molar-refractivity contribution in [1.82, 2.24) is 10.0 Å². The molecule has 2 amide bonds. The molecule has 0 bridgehead atoms. The highest BCUT2D eigenvalue weighted by molar-refractivity contribution is 7.90. The second-order valence-corrected chi connectivity index (χ2v) is 15.3. The number of hydrogen-bond donors (Lipinski definition) is 2. The number of nitrogens with zero attached hydrogens (tertiary/aromatic N) is 1. The van der Waals surface area contributed by atoms with Crippen LogP contribution in [0.25, 0.3) is 0 Å². The Balaban J connectivity index is 1.51. The van der Waals surface area contributed by atoms with Gasteiger partial charge < -0.3 is 24.4 Å². The van der Waals surface area contributed by atoms with Crippen molar-refractivity contribution in [3.63, 3.8) is 0 Å². The van der Waals surface area contributed by atoms with Crippen molar-refractivity contribution in [2.75, 3.05) is 38.3 Å². The highest BCUT2D eigenvalue weighted by Crippen LogP contribution is 2.47. The van der Waals surface area contributed by atoms with Gasteiger partial charge in [-0.1, -0.05) is 29.8 Å². The summed E-state index contributed by atoms with van der Waals surface area (Å²) in [5, 5.41) is 3.59. The molecule has 2 N–H and O–H groups in total. The van der Waals surface area contributed by atoms with E-state index in [1.54, 1.807) is 18.2 Å². The highest BCUT2D eigenvalue weighted by atomic mass is 35.5. The van der Waals surface area contributed by atoms with E-state index in [9.17, 15) is 18.0 Å². The van der Waals surface area contributed by atoms with E-state index >= 15 is 0 Å². The number of carbonyl (C=O) groups excluding carboxylic acids is 2. The summed E-state index contributed by atoms with van der Waals surface area (Å²) in [7, 11) is -2.93. The molecule has 2 aliphatic carbocycles. The minimum absolute atomic E-state index is 0.0639. The molecule has 0 aromatic heterocycles. The van der Waals surface area contributed by atoms with E-state index < -0.39 is 27.6 Å². The topological polar surface area (TPSA) is 123 Å².